The third-order valence-electron chi connectivity index (χ3n) is 2.99. The molecule has 2 nitrogen and oxygen atoms in total. The normalized spacial score (nSPS) is 12.5. The van der Waals surface area contributed by atoms with Crippen molar-refractivity contribution in [2.45, 2.75) is 13.0 Å². The average Bonchev–Trinajstić information content (AvgIpc) is 2.36. The summed E-state index contributed by atoms with van der Waals surface area (Å²) in [5.41, 5.74) is 5.15. The van der Waals surface area contributed by atoms with Gasteiger partial charge in [-0.3, -0.25) is 5.84 Å². The van der Waals surface area contributed by atoms with Crippen LogP contribution in [0.4, 0.5) is 8.78 Å². The lowest BCUT2D eigenvalue weighted by atomic mass is 9.95. The van der Waals surface area contributed by atoms with Crippen LogP contribution in [-0.2, 0) is 0 Å². The Hall–Kier alpha value is -1.05. The van der Waals surface area contributed by atoms with Crippen molar-refractivity contribution in [2.75, 3.05) is 0 Å². The number of halogens is 3. The molecule has 2 aromatic rings. The molecular formula is C14H13F2IN2. The predicted octanol–water partition coefficient (Wildman–Crippen LogP) is 3.43. The Labute approximate surface area is 124 Å². The first kappa shape index (κ1) is 14.4. The maximum absolute atomic E-state index is 13.4. The van der Waals surface area contributed by atoms with Gasteiger partial charge in [0, 0.05) is 3.57 Å². The van der Waals surface area contributed by atoms with E-state index in [2.05, 4.69) is 5.43 Å². The van der Waals surface area contributed by atoms with Crippen LogP contribution in [-0.4, -0.2) is 0 Å². The Morgan fingerprint density at radius 1 is 1.05 bits per heavy atom. The molecular weight excluding hydrogens is 361 g/mol. The molecule has 0 aliphatic carbocycles. The van der Waals surface area contributed by atoms with Crippen molar-refractivity contribution in [1.29, 1.82) is 0 Å². The van der Waals surface area contributed by atoms with Crippen molar-refractivity contribution in [2.24, 2.45) is 5.84 Å². The molecule has 100 valence electrons. The summed E-state index contributed by atoms with van der Waals surface area (Å²) >= 11 is 2.04. The fourth-order valence-electron chi connectivity index (χ4n) is 2.01. The third-order valence-corrected chi connectivity index (χ3v) is 3.93. The van der Waals surface area contributed by atoms with E-state index in [0.29, 0.717) is 0 Å². The van der Waals surface area contributed by atoms with Gasteiger partial charge in [-0.15, -0.1) is 0 Å². The highest BCUT2D eigenvalue weighted by Crippen LogP contribution is 2.28. The molecule has 2 aromatic carbocycles. The number of aryl methyl sites for hydroxylation is 1. The minimum atomic E-state index is -0.372. The maximum atomic E-state index is 13.4. The second-order valence-electron chi connectivity index (χ2n) is 4.27. The Balaban J connectivity index is 2.52. The van der Waals surface area contributed by atoms with Gasteiger partial charge in [0.25, 0.3) is 0 Å². The van der Waals surface area contributed by atoms with Gasteiger partial charge < -0.3 is 0 Å². The molecule has 0 radical (unpaired) electrons. The van der Waals surface area contributed by atoms with E-state index in [4.69, 9.17) is 5.84 Å². The van der Waals surface area contributed by atoms with Crippen molar-refractivity contribution in [1.82, 2.24) is 5.43 Å². The smallest absolute Gasteiger partial charge is 0.124 e. The van der Waals surface area contributed by atoms with Gasteiger partial charge in [0.1, 0.15) is 11.6 Å². The van der Waals surface area contributed by atoms with Gasteiger partial charge in [-0.1, -0.05) is 12.1 Å². The first-order valence-electron chi connectivity index (χ1n) is 5.70. The quantitative estimate of drug-likeness (QED) is 0.491. The molecule has 2 rings (SSSR count). The molecule has 0 aliphatic rings. The van der Waals surface area contributed by atoms with E-state index in [1.165, 1.54) is 24.3 Å². The molecule has 0 bridgehead atoms. The van der Waals surface area contributed by atoms with E-state index in [9.17, 15) is 8.78 Å². The van der Waals surface area contributed by atoms with E-state index in [0.717, 1.165) is 20.3 Å². The molecule has 0 spiro atoms. The van der Waals surface area contributed by atoms with Gasteiger partial charge in [-0.25, -0.2) is 14.2 Å². The van der Waals surface area contributed by atoms with Crippen molar-refractivity contribution >= 4 is 22.6 Å². The molecule has 3 N–H and O–H groups in total. The minimum Gasteiger partial charge on any atom is -0.271 e. The molecule has 5 heteroatoms. The van der Waals surface area contributed by atoms with Gasteiger partial charge in [-0.2, -0.15) is 0 Å². The molecule has 0 amide bonds. The molecule has 19 heavy (non-hydrogen) atoms. The number of hydrazine groups is 1. The molecule has 0 saturated heterocycles. The van der Waals surface area contributed by atoms with E-state index in [-0.39, 0.29) is 17.7 Å². The van der Waals surface area contributed by atoms with Gasteiger partial charge >= 0.3 is 0 Å². The molecule has 0 saturated carbocycles. The van der Waals surface area contributed by atoms with Crippen LogP contribution >= 0.6 is 22.6 Å². The number of hydrogen-bond acceptors (Lipinski definition) is 2. The predicted molar refractivity (Wildman–Crippen MR) is 79.4 cm³/mol. The average molecular weight is 374 g/mol. The van der Waals surface area contributed by atoms with Gasteiger partial charge in [-0.05, 0) is 70.5 Å². The largest absolute Gasteiger partial charge is 0.271 e. The summed E-state index contributed by atoms with van der Waals surface area (Å²) in [6, 6.07) is 8.63. The summed E-state index contributed by atoms with van der Waals surface area (Å²) in [5.74, 6) is 4.97. The van der Waals surface area contributed by atoms with E-state index in [1.54, 1.807) is 12.1 Å². The Kier molecular flexibility index (Phi) is 4.49. The zero-order valence-corrected chi connectivity index (χ0v) is 12.4. The van der Waals surface area contributed by atoms with Gasteiger partial charge in [0.05, 0.1) is 6.04 Å². The SMILES string of the molecule is Cc1ccc(F)cc1C(NN)c1ccc(F)cc1I. The molecule has 0 aliphatic heterocycles. The molecule has 0 fully saturated rings. The maximum Gasteiger partial charge on any atom is 0.124 e. The number of nitrogens with two attached hydrogens (primary N) is 1. The first-order chi connectivity index (χ1) is 9.02. The van der Waals surface area contributed by atoms with E-state index < -0.39 is 0 Å². The third kappa shape index (κ3) is 3.10. The molecule has 1 atom stereocenters. The highest BCUT2D eigenvalue weighted by Gasteiger charge is 2.18. The fraction of sp³-hybridized carbons (Fsp3) is 0.143. The summed E-state index contributed by atoms with van der Waals surface area (Å²) in [7, 11) is 0. The van der Waals surface area contributed by atoms with E-state index in [1.807, 2.05) is 29.5 Å². The van der Waals surface area contributed by atoms with Crippen molar-refractivity contribution in [3.05, 3.63) is 68.3 Å². The van der Waals surface area contributed by atoms with Crippen LogP contribution in [0.1, 0.15) is 22.7 Å². The minimum absolute atomic E-state index is 0.306. The lowest BCUT2D eigenvalue weighted by molar-refractivity contribution is 0.596. The van der Waals surface area contributed by atoms with Crippen LogP contribution in [0.25, 0.3) is 0 Å². The number of rotatable bonds is 3. The summed E-state index contributed by atoms with van der Waals surface area (Å²) < 4.78 is 27.3. The standard InChI is InChI=1S/C14H13F2IN2/c1-8-2-3-9(15)6-12(8)14(19-18)11-5-4-10(16)7-13(11)17/h2-7,14,19H,18H2,1H3. The van der Waals surface area contributed by atoms with Crippen LogP contribution < -0.4 is 11.3 Å². The van der Waals surface area contributed by atoms with Crippen LogP contribution in [0, 0.1) is 22.1 Å². The fourth-order valence-corrected chi connectivity index (χ4v) is 2.79. The summed E-state index contributed by atoms with van der Waals surface area (Å²) in [4.78, 5) is 0. The second-order valence-corrected chi connectivity index (χ2v) is 5.43. The van der Waals surface area contributed by atoms with Crippen molar-refractivity contribution in [3.63, 3.8) is 0 Å². The lowest BCUT2D eigenvalue weighted by Crippen LogP contribution is -2.30. The number of nitrogens with one attached hydrogen (secondary N) is 1. The van der Waals surface area contributed by atoms with Crippen molar-refractivity contribution in [3.8, 4) is 0 Å². The summed E-state index contributed by atoms with van der Waals surface area (Å²) in [6.45, 7) is 1.88. The van der Waals surface area contributed by atoms with Gasteiger partial charge in [0.15, 0.2) is 0 Å². The highest BCUT2D eigenvalue weighted by atomic mass is 127. The highest BCUT2D eigenvalue weighted by molar-refractivity contribution is 14.1. The number of benzene rings is 2. The summed E-state index contributed by atoms with van der Waals surface area (Å²) in [6.07, 6.45) is 0. The second kappa shape index (κ2) is 5.94. The number of hydrogen-bond donors (Lipinski definition) is 2. The Bertz CT molecular complexity index is 602. The zero-order chi connectivity index (χ0) is 14.0. The lowest BCUT2D eigenvalue weighted by Gasteiger charge is -2.20. The van der Waals surface area contributed by atoms with Crippen LogP contribution in [0.5, 0.6) is 0 Å². The first-order valence-corrected chi connectivity index (χ1v) is 6.78. The Morgan fingerprint density at radius 3 is 2.32 bits per heavy atom. The summed E-state index contributed by atoms with van der Waals surface area (Å²) in [5, 5.41) is 0. The monoisotopic (exact) mass is 374 g/mol. The molecule has 0 aromatic heterocycles. The molecule has 1 unspecified atom stereocenters. The van der Waals surface area contributed by atoms with E-state index >= 15 is 0 Å². The van der Waals surface area contributed by atoms with Crippen molar-refractivity contribution < 1.29 is 8.78 Å². The van der Waals surface area contributed by atoms with Gasteiger partial charge in [0.2, 0.25) is 0 Å². The van der Waals surface area contributed by atoms with Crippen LogP contribution in [0.2, 0.25) is 0 Å². The zero-order valence-electron chi connectivity index (χ0n) is 10.3. The molecule has 0 heterocycles. The van der Waals surface area contributed by atoms with Crippen LogP contribution in [0.15, 0.2) is 36.4 Å². The topological polar surface area (TPSA) is 38.0 Å². The van der Waals surface area contributed by atoms with Crippen LogP contribution in [0.3, 0.4) is 0 Å². The Morgan fingerprint density at radius 2 is 1.68 bits per heavy atom.